The molecule has 0 aliphatic carbocycles. The molecular weight excluding hydrogens is 416 g/mol. The van der Waals surface area contributed by atoms with Crippen LogP contribution in [0.3, 0.4) is 0 Å². The summed E-state index contributed by atoms with van der Waals surface area (Å²) in [7, 11) is -3.58. The molecule has 1 saturated heterocycles. The van der Waals surface area contributed by atoms with Crippen molar-refractivity contribution in [3.8, 4) is 0 Å². The van der Waals surface area contributed by atoms with E-state index in [1.807, 2.05) is 38.1 Å². The maximum atomic E-state index is 12.7. The fourth-order valence-electron chi connectivity index (χ4n) is 3.39. The Balaban J connectivity index is 1.51. The molecule has 1 aliphatic rings. The highest BCUT2D eigenvalue weighted by Gasteiger charge is 2.32. The number of benzene rings is 1. The molecule has 0 saturated carbocycles. The van der Waals surface area contributed by atoms with Crippen LogP contribution in [-0.2, 0) is 26.2 Å². The van der Waals surface area contributed by atoms with Crippen molar-refractivity contribution in [2.24, 2.45) is 11.8 Å². The van der Waals surface area contributed by atoms with E-state index in [2.05, 4.69) is 15.6 Å². The highest BCUT2D eigenvalue weighted by atomic mass is 32.2. The summed E-state index contributed by atoms with van der Waals surface area (Å²) in [5, 5.41) is 5.77. The third-order valence-electron chi connectivity index (χ3n) is 5.28. The summed E-state index contributed by atoms with van der Waals surface area (Å²) in [6.07, 6.45) is 3.81. The van der Waals surface area contributed by atoms with Crippen molar-refractivity contribution in [3.63, 3.8) is 0 Å². The Labute approximate surface area is 183 Å². The number of pyridine rings is 1. The second kappa shape index (κ2) is 10.0. The average molecular weight is 445 g/mol. The van der Waals surface area contributed by atoms with Gasteiger partial charge in [-0.25, -0.2) is 8.42 Å². The van der Waals surface area contributed by atoms with Gasteiger partial charge in [-0.15, -0.1) is 0 Å². The highest BCUT2D eigenvalue weighted by Crippen LogP contribution is 2.23. The summed E-state index contributed by atoms with van der Waals surface area (Å²) in [5.74, 6) is -0.496. The quantitative estimate of drug-likeness (QED) is 0.682. The molecule has 2 amide bonds. The molecule has 0 spiro atoms. The lowest BCUT2D eigenvalue weighted by molar-refractivity contribution is -0.126. The zero-order valence-electron chi connectivity index (χ0n) is 17.7. The molecule has 31 heavy (non-hydrogen) atoms. The molecule has 1 aliphatic heterocycles. The number of piperidine rings is 1. The van der Waals surface area contributed by atoms with Gasteiger partial charge in [0.1, 0.15) is 4.90 Å². The van der Waals surface area contributed by atoms with E-state index in [0.717, 1.165) is 5.56 Å². The number of amides is 2. The van der Waals surface area contributed by atoms with E-state index >= 15 is 0 Å². The number of hydrogen-bond donors (Lipinski definition) is 2. The number of hydrogen-bond acceptors (Lipinski definition) is 5. The van der Waals surface area contributed by atoms with Crippen LogP contribution in [0.2, 0.25) is 0 Å². The number of aromatic nitrogens is 1. The van der Waals surface area contributed by atoms with Gasteiger partial charge in [0.25, 0.3) is 0 Å². The number of anilines is 1. The zero-order chi connectivity index (χ0) is 22.4. The molecule has 1 aromatic carbocycles. The molecule has 2 N–H and O–H groups in total. The van der Waals surface area contributed by atoms with Gasteiger partial charge in [-0.1, -0.05) is 26.0 Å². The molecule has 0 radical (unpaired) electrons. The fourth-order valence-corrected chi connectivity index (χ4v) is 4.82. The topological polar surface area (TPSA) is 108 Å². The van der Waals surface area contributed by atoms with Gasteiger partial charge in [0.2, 0.25) is 21.8 Å². The van der Waals surface area contributed by atoms with Gasteiger partial charge in [0, 0.05) is 49.6 Å². The largest absolute Gasteiger partial charge is 0.352 e. The maximum Gasteiger partial charge on any atom is 0.244 e. The molecule has 1 aromatic heterocycles. The number of sulfonamides is 1. The van der Waals surface area contributed by atoms with Crippen LogP contribution in [0, 0.1) is 11.8 Å². The maximum absolute atomic E-state index is 12.7. The molecule has 1 fully saturated rings. The average Bonchev–Trinajstić information content (AvgIpc) is 2.78. The van der Waals surface area contributed by atoms with Crippen LogP contribution in [-0.4, -0.2) is 42.6 Å². The predicted octanol–water partition coefficient (Wildman–Crippen LogP) is 2.39. The molecule has 0 unspecified atom stereocenters. The zero-order valence-corrected chi connectivity index (χ0v) is 18.6. The number of rotatable bonds is 7. The normalized spacial score (nSPS) is 15.6. The minimum absolute atomic E-state index is 0.0609. The Morgan fingerprint density at radius 1 is 1.16 bits per heavy atom. The van der Waals surface area contributed by atoms with E-state index in [1.165, 1.54) is 22.8 Å². The number of nitrogens with one attached hydrogen (secondary N) is 2. The highest BCUT2D eigenvalue weighted by molar-refractivity contribution is 7.89. The van der Waals surface area contributed by atoms with E-state index in [0.29, 0.717) is 38.2 Å². The summed E-state index contributed by atoms with van der Waals surface area (Å²) < 4.78 is 26.8. The smallest absolute Gasteiger partial charge is 0.244 e. The van der Waals surface area contributed by atoms with Gasteiger partial charge in [-0.2, -0.15) is 4.31 Å². The fraction of sp³-hybridized carbons (Fsp3) is 0.409. The summed E-state index contributed by atoms with van der Waals surface area (Å²) in [6, 6.07) is 10.5. The van der Waals surface area contributed by atoms with Crippen molar-refractivity contribution in [1.82, 2.24) is 14.6 Å². The number of carbonyl (C=O) groups is 2. The summed E-state index contributed by atoms with van der Waals surface area (Å²) in [4.78, 5) is 28.5. The standard InChI is InChI=1S/C22H28N4O4S/c1-16(2)21(27)25-19-6-3-5-17(13-19)14-24-22(28)18-8-11-26(12-9-18)31(29,30)20-7-4-10-23-15-20/h3-7,10,13,15-16,18H,8-9,11-12,14H2,1-2H3,(H,24,28)(H,25,27). The Morgan fingerprint density at radius 3 is 2.55 bits per heavy atom. The van der Waals surface area contributed by atoms with E-state index in [-0.39, 0.29) is 28.5 Å². The monoisotopic (exact) mass is 444 g/mol. The number of nitrogens with zero attached hydrogens (tertiary/aromatic N) is 2. The van der Waals surface area contributed by atoms with Crippen LogP contribution >= 0.6 is 0 Å². The van der Waals surface area contributed by atoms with Crippen molar-refractivity contribution < 1.29 is 18.0 Å². The molecule has 3 rings (SSSR count). The first-order valence-corrected chi connectivity index (χ1v) is 11.8. The van der Waals surface area contributed by atoms with Gasteiger partial charge in [-0.05, 0) is 42.7 Å². The molecule has 2 aromatic rings. The summed E-state index contributed by atoms with van der Waals surface area (Å²) in [5.41, 5.74) is 1.57. The Morgan fingerprint density at radius 2 is 1.90 bits per heavy atom. The van der Waals surface area contributed by atoms with Gasteiger partial charge in [0.15, 0.2) is 0 Å². The molecule has 0 atom stereocenters. The van der Waals surface area contributed by atoms with Gasteiger partial charge in [0.05, 0.1) is 0 Å². The van der Waals surface area contributed by atoms with Crippen LogP contribution < -0.4 is 10.6 Å². The van der Waals surface area contributed by atoms with Crippen molar-refractivity contribution >= 4 is 27.5 Å². The van der Waals surface area contributed by atoms with Crippen LogP contribution in [0.15, 0.2) is 53.7 Å². The SMILES string of the molecule is CC(C)C(=O)Nc1cccc(CNC(=O)C2CCN(S(=O)(=O)c3cccnc3)CC2)c1. The van der Waals surface area contributed by atoms with E-state index in [9.17, 15) is 18.0 Å². The molecule has 8 nitrogen and oxygen atoms in total. The van der Waals surface area contributed by atoms with Crippen LogP contribution in [0.1, 0.15) is 32.3 Å². The van der Waals surface area contributed by atoms with Crippen LogP contribution in [0.25, 0.3) is 0 Å². The third-order valence-corrected chi connectivity index (χ3v) is 7.16. The van der Waals surface area contributed by atoms with Crippen molar-refractivity contribution in [1.29, 1.82) is 0 Å². The second-order valence-electron chi connectivity index (χ2n) is 7.93. The second-order valence-corrected chi connectivity index (χ2v) is 9.87. The lowest BCUT2D eigenvalue weighted by Crippen LogP contribution is -2.42. The van der Waals surface area contributed by atoms with Crippen LogP contribution in [0.5, 0.6) is 0 Å². The van der Waals surface area contributed by atoms with Gasteiger partial charge >= 0.3 is 0 Å². The Bertz CT molecular complexity index is 1020. The Kier molecular flexibility index (Phi) is 7.40. The first-order valence-electron chi connectivity index (χ1n) is 10.3. The first-order chi connectivity index (χ1) is 14.8. The van der Waals surface area contributed by atoms with Gasteiger partial charge in [-0.3, -0.25) is 14.6 Å². The molecule has 166 valence electrons. The lowest BCUT2D eigenvalue weighted by atomic mass is 9.97. The summed E-state index contributed by atoms with van der Waals surface area (Å²) in [6.45, 7) is 4.59. The molecular formula is C22H28N4O4S. The molecule has 0 bridgehead atoms. The molecule has 2 heterocycles. The number of carbonyl (C=O) groups excluding carboxylic acids is 2. The van der Waals surface area contributed by atoms with E-state index in [4.69, 9.17) is 0 Å². The van der Waals surface area contributed by atoms with Gasteiger partial charge < -0.3 is 10.6 Å². The van der Waals surface area contributed by atoms with Crippen molar-refractivity contribution in [2.45, 2.75) is 38.1 Å². The van der Waals surface area contributed by atoms with Crippen molar-refractivity contribution in [3.05, 3.63) is 54.4 Å². The first kappa shape index (κ1) is 22.9. The van der Waals surface area contributed by atoms with E-state index in [1.54, 1.807) is 6.07 Å². The Hall–Kier alpha value is -2.78. The van der Waals surface area contributed by atoms with Crippen molar-refractivity contribution in [2.75, 3.05) is 18.4 Å². The lowest BCUT2D eigenvalue weighted by Gasteiger charge is -2.30. The summed E-state index contributed by atoms with van der Waals surface area (Å²) >= 11 is 0. The minimum atomic E-state index is -3.58. The third kappa shape index (κ3) is 5.89. The predicted molar refractivity (Wildman–Crippen MR) is 117 cm³/mol. The molecule has 9 heteroatoms. The van der Waals surface area contributed by atoms with E-state index < -0.39 is 10.0 Å². The minimum Gasteiger partial charge on any atom is -0.352 e. The van der Waals surface area contributed by atoms with Crippen LogP contribution in [0.4, 0.5) is 5.69 Å².